The van der Waals surface area contributed by atoms with E-state index in [1.54, 1.807) is 6.07 Å². The molecule has 0 fully saturated rings. The van der Waals surface area contributed by atoms with E-state index >= 15 is 0 Å². The first kappa shape index (κ1) is 10.6. The summed E-state index contributed by atoms with van der Waals surface area (Å²) in [6, 6.07) is 4.22. The van der Waals surface area contributed by atoms with E-state index in [0.717, 1.165) is 12.1 Å². The van der Waals surface area contributed by atoms with Crippen molar-refractivity contribution in [3.63, 3.8) is 0 Å². The van der Waals surface area contributed by atoms with Crippen LogP contribution >= 0.6 is 22.6 Å². The van der Waals surface area contributed by atoms with Gasteiger partial charge in [-0.2, -0.15) is 0 Å². The van der Waals surface area contributed by atoms with Crippen LogP contribution in [0.15, 0.2) is 23.0 Å². The Labute approximate surface area is 99.7 Å². The molecule has 0 radical (unpaired) electrons. The van der Waals surface area contributed by atoms with Crippen molar-refractivity contribution < 1.29 is 4.39 Å². The lowest BCUT2D eigenvalue weighted by Gasteiger charge is -2.04. The summed E-state index contributed by atoms with van der Waals surface area (Å²) in [5, 5.41) is 0.414. The third kappa shape index (κ3) is 1.78. The smallest absolute Gasteiger partial charge is 0.203 e. The van der Waals surface area contributed by atoms with Crippen molar-refractivity contribution >= 4 is 33.5 Å². The highest BCUT2D eigenvalue weighted by atomic mass is 127. The first-order valence-corrected chi connectivity index (χ1v) is 5.71. The van der Waals surface area contributed by atoms with E-state index in [2.05, 4.69) is 4.98 Å². The van der Waals surface area contributed by atoms with Crippen molar-refractivity contribution in [2.24, 2.45) is 0 Å². The molecule has 0 aliphatic rings. The number of benzene rings is 1. The molecule has 1 heterocycles. The molecule has 0 aliphatic heterocycles. The lowest BCUT2D eigenvalue weighted by atomic mass is 10.1. The molecular weight excluding hydrogens is 308 g/mol. The zero-order chi connectivity index (χ0) is 11.0. The summed E-state index contributed by atoms with van der Waals surface area (Å²) in [7, 11) is 0. The minimum Gasteiger partial charge on any atom is -0.357 e. The van der Waals surface area contributed by atoms with Gasteiger partial charge < -0.3 is 4.98 Å². The van der Waals surface area contributed by atoms with E-state index in [9.17, 15) is 9.18 Å². The Hall–Kier alpha value is -0.910. The minimum atomic E-state index is -0.381. The van der Waals surface area contributed by atoms with Gasteiger partial charge in [0.25, 0.3) is 0 Å². The maximum absolute atomic E-state index is 13.0. The molecule has 15 heavy (non-hydrogen) atoms. The number of hydrogen-bond acceptors (Lipinski definition) is 1. The van der Waals surface area contributed by atoms with Crippen LogP contribution in [-0.4, -0.2) is 4.98 Å². The van der Waals surface area contributed by atoms with Crippen LogP contribution in [-0.2, 0) is 6.42 Å². The van der Waals surface area contributed by atoms with Crippen LogP contribution in [0.2, 0.25) is 0 Å². The molecule has 1 aromatic carbocycles. The predicted octanol–water partition coefficient (Wildman–Crippen LogP) is 2.83. The molecule has 0 saturated carbocycles. The van der Waals surface area contributed by atoms with Gasteiger partial charge >= 0.3 is 0 Å². The number of hydrogen-bond donors (Lipinski definition) is 1. The zero-order valence-electron chi connectivity index (χ0n) is 8.10. The molecule has 0 aliphatic carbocycles. The Kier molecular flexibility index (Phi) is 2.77. The van der Waals surface area contributed by atoms with Crippen LogP contribution < -0.4 is 5.43 Å². The first-order valence-electron chi connectivity index (χ1n) is 4.63. The Balaban J connectivity index is 2.91. The monoisotopic (exact) mass is 317 g/mol. The third-order valence-corrected chi connectivity index (χ3v) is 3.47. The number of aromatic amines is 1. The summed E-state index contributed by atoms with van der Waals surface area (Å²) >= 11 is 2.00. The summed E-state index contributed by atoms with van der Waals surface area (Å²) in [5.74, 6) is -0.381. The molecule has 0 saturated heterocycles. The predicted molar refractivity (Wildman–Crippen MR) is 66.6 cm³/mol. The average Bonchev–Trinajstić information content (AvgIpc) is 2.24. The molecule has 0 spiro atoms. The minimum absolute atomic E-state index is 0.0966. The molecule has 0 amide bonds. The van der Waals surface area contributed by atoms with Gasteiger partial charge in [-0.25, -0.2) is 4.39 Å². The van der Waals surface area contributed by atoms with Crippen LogP contribution in [0.5, 0.6) is 0 Å². The molecule has 0 bridgehead atoms. The number of aryl methyl sites for hydroxylation is 1. The van der Waals surface area contributed by atoms with E-state index in [-0.39, 0.29) is 11.2 Å². The van der Waals surface area contributed by atoms with Crippen molar-refractivity contribution in [1.82, 2.24) is 4.98 Å². The van der Waals surface area contributed by atoms with Crippen molar-refractivity contribution in [3.8, 4) is 0 Å². The molecule has 0 unspecified atom stereocenters. The van der Waals surface area contributed by atoms with Gasteiger partial charge in [0.2, 0.25) is 5.43 Å². The van der Waals surface area contributed by atoms with Crippen molar-refractivity contribution in [3.05, 3.63) is 43.5 Å². The maximum Gasteiger partial charge on any atom is 0.203 e. The van der Waals surface area contributed by atoms with Crippen LogP contribution in [0.3, 0.4) is 0 Å². The standard InChI is InChI=1S/C11H9FINO/c1-2-8-10(13)11(15)7-5-6(12)3-4-9(7)14-8/h3-5H,2H2,1H3,(H,14,15). The van der Waals surface area contributed by atoms with Gasteiger partial charge in [0.1, 0.15) is 5.82 Å². The number of nitrogens with one attached hydrogen (secondary N) is 1. The van der Waals surface area contributed by atoms with Gasteiger partial charge in [-0.1, -0.05) is 6.92 Å². The molecule has 2 rings (SSSR count). The summed E-state index contributed by atoms with van der Waals surface area (Å²) in [6.45, 7) is 1.97. The van der Waals surface area contributed by atoms with Crippen LogP contribution in [0, 0.1) is 9.39 Å². The number of H-pyrrole nitrogens is 1. The highest BCUT2D eigenvalue weighted by molar-refractivity contribution is 14.1. The quantitative estimate of drug-likeness (QED) is 0.806. The van der Waals surface area contributed by atoms with Gasteiger partial charge in [-0.3, -0.25) is 4.79 Å². The molecule has 1 aromatic heterocycles. The topological polar surface area (TPSA) is 32.9 Å². The van der Waals surface area contributed by atoms with Crippen LogP contribution in [0.1, 0.15) is 12.6 Å². The maximum atomic E-state index is 13.0. The molecular formula is C11H9FINO. The van der Waals surface area contributed by atoms with Crippen LogP contribution in [0.25, 0.3) is 10.9 Å². The fourth-order valence-electron chi connectivity index (χ4n) is 1.53. The molecule has 2 nitrogen and oxygen atoms in total. The Morgan fingerprint density at radius 2 is 2.20 bits per heavy atom. The summed E-state index contributed by atoms with van der Waals surface area (Å²) in [5.41, 5.74) is 1.50. The second-order valence-corrected chi connectivity index (χ2v) is 4.37. The molecule has 1 N–H and O–H groups in total. The highest BCUT2D eigenvalue weighted by Gasteiger charge is 2.08. The Morgan fingerprint density at radius 1 is 1.47 bits per heavy atom. The second-order valence-electron chi connectivity index (χ2n) is 3.29. The summed E-state index contributed by atoms with van der Waals surface area (Å²) in [4.78, 5) is 15.0. The lowest BCUT2D eigenvalue weighted by Crippen LogP contribution is -2.11. The summed E-state index contributed by atoms with van der Waals surface area (Å²) < 4.78 is 13.6. The highest BCUT2D eigenvalue weighted by Crippen LogP contribution is 2.14. The van der Waals surface area contributed by atoms with E-state index in [1.165, 1.54) is 12.1 Å². The largest absolute Gasteiger partial charge is 0.357 e. The lowest BCUT2D eigenvalue weighted by molar-refractivity contribution is 0.629. The molecule has 78 valence electrons. The normalized spacial score (nSPS) is 10.9. The number of pyridine rings is 1. The van der Waals surface area contributed by atoms with Gasteiger partial charge in [0, 0.05) is 16.6 Å². The van der Waals surface area contributed by atoms with Gasteiger partial charge in [0.15, 0.2) is 0 Å². The van der Waals surface area contributed by atoms with Crippen molar-refractivity contribution in [1.29, 1.82) is 0 Å². The fourth-order valence-corrected chi connectivity index (χ4v) is 2.34. The molecule has 2 aromatic rings. The third-order valence-electron chi connectivity index (χ3n) is 2.33. The average molecular weight is 317 g/mol. The number of fused-ring (bicyclic) bond motifs is 1. The number of rotatable bonds is 1. The van der Waals surface area contributed by atoms with Crippen molar-refractivity contribution in [2.45, 2.75) is 13.3 Å². The van der Waals surface area contributed by atoms with Gasteiger partial charge in [-0.05, 0) is 47.2 Å². The number of aromatic nitrogens is 1. The van der Waals surface area contributed by atoms with E-state index < -0.39 is 0 Å². The van der Waals surface area contributed by atoms with E-state index in [4.69, 9.17) is 0 Å². The fraction of sp³-hybridized carbons (Fsp3) is 0.182. The van der Waals surface area contributed by atoms with Gasteiger partial charge in [0.05, 0.1) is 3.57 Å². The van der Waals surface area contributed by atoms with Gasteiger partial charge in [-0.15, -0.1) is 0 Å². The van der Waals surface area contributed by atoms with Crippen molar-refractivity contribution in [2.75, 3.05) is 0 Å². The van der Waals surface area contributed by atoms with E-state index in [1.807, 2.05) is 29.5 Å². The second kappa shape index (κ2) is 3.92. The Bertz CT molecular complexity index is 577. The molecule has 0 atom stereocenters. The summed E-state index contributed by atoms with van der Waals surface area (Å²) in [6.07, 6.45) is 0.765. The number of halogens is 2. The van der Waals surface area contributed by atoms with Crippen LogP contribution in [0.4, 0.5) is 4.39 Å². The zero-order valence-corrected chi connectivity index (χ0v) is 10.3. The molecule has 4 heteroatoms. The van der Waals surface area contributed by atoms with E-state index in [0.29, 0.717) is 14.5 Å². The SMILES string of the molecule is CCc1[nH]c2ccc(F)cc2c(=O)c1I. The first-order chi connectivity index (χ1) is 7.13. The Morgan fingerprint density at radius 3 is 2.87 bits per heavy atom.